The largest absolute Gasteiger partial charge is 0.379 e. The third-order valence-corrected chi connectivity index (χ3v) is 3.55. The van der Waals surface area contributed by atoms with Crippen LogP contribution in [0, 0.1) is 21.3 Å². The molecule has 0 aliphatic heterocycles. The average molecular weight is 252 g/mol. The number of halogens is 1. The summed E-state index contributed by atoms with van der Waals surface area (Å²) in [5.74, 6) is -0.582. The highest BCUT2D eigenvalue weighted by Gasteiger charge is 2.41. The van der Waals surface area contributed by atoms with E-state index in [1.165, 1.54) is 25.0 Å². The molecular formula is C13H17FN2O2. The van der Waals surface area contributed by atoms with Gasteiger partial charge in [0.2, 0.25) is 0 Å². The van der Waals surface area contributed by atoms with Crippen molar-refractivity contribution in [3.8, 4) is 0 Å². The highest BCUT2D eigenvalue weighted by atomic mass is 19.1. The third kappa shape index (κ3) is 2.78. The van der Waals surface area contributed by atoms with Crippen LogP contribution < -0.4 is 5.32 Å². The van der Waals surface area contributed by atoms with Gasteiger partial charge in [0, 0.05) is 6.54 Å². The number of nitrogens with one attached hydrogen (secondary N) is 1. The second-order valence-corrected chi connectivity index (χ2v) is 5.02. The maximum absolute atomic E-state index is 13.0. The lowest BCUT2D eigenvalue weighted by molar-refractivity contribution is -0.384. The van der Waals surface area contributed by atoms with Crippen LogP contribution in [0.3, 0.4) is 0 Å². The Kier molecular flexibility index (Phi) is 3.50. The molecule has 1 aromatic rings. The lowest BCUT2D eigenvalue weighted by Crippen LogP contribution is -2.16. The van der Waals surface area contributed by atoms with Crippen molar-refractivity contribution >= 4 is 11.4 Å². The number of nitro groups is 1. The van der Waals surface area contributed by atoms with Crippen LogP contribution >= 0.6 is 0 Å². The Morgan fingerprint density at radius 1 is 1.50 bits per heavy atom. The standard InChI is InChI=1S/C13H17FN2O2/c1-2-5-13(6-7-13)9-15-11-4-3-10(14)8-12(11)16(17)18/h3-4,8,15H,2,5-7,9H2,1H3. The Bertz CT molecular complexity index is 458. The Morgan fingerprint density at radius 3 is 2.78 bits per heavy atom. The lowest BCUT2D eigenvalue weighted by Gasteiger charge is -2.15. The lowest BCUT2D eigenvalue weighted by atomic mass is 10.0. The van der Waals surface area contributed by atoms with Crippen LogP contribution in [0.15, 0.2) is 18.2 Å². The fourth-order valence-electron chi connectivity index (χ4n) is 2.31. The number of benzene rings is 1. The first-order valence-electron chi connectivity index (χ1n) is 6.24. The van der Waals surface area contributed by atoms with E-state index in [4.69, 9.17) is 0 Å². The molecule has 0 saturated heterocycles. The Morgan fingerprint density at radius 2 is 2.22 bits per heavy atom. The van der Waals surface area contributed by atoms with Gasteiger partial charge in [-0.25, -0.2) is 4.39 Å². The molecule has 0 heterocycles. The van der Waals surface area contributed by atoms with Crippen molar-refractivity contribution in [3.63, 3.8) is 0 Å². The van der Waals surface area contributed by atoms with Gasteiger partial charge in [-0.15, -0.1) is 0 Å². The molecule has 1 aromatic carbocycles. The molecule has 0 spiro atoms. The zero-order valence-corrected chi connectivity index (χ0v) is 10.4. The van der Waals surface area contributed by atoms with Crippen molar-refractivity contribution in [1.29, 1.82) is 0 Å². The van der Waals surface area contributed by atoms with Gasteiger partial charge < -0.3 is 5.32 Å². The molecule has 98 valence electrons. The summed E-state index contributed by atoms with van der Waals surface area (Å²) in [6.45, 7) is 2.87. The molecule has 1 fully saturated rings. The fourth-order valence-corrected chi connectivity index (χ4v) is 2.31. The summed E-state index contributed by atoms with van der Waals surface area (Å²) in [5.41, 5.74) is 0.517. The number of rotatable bonds is 6. The molecule has 0 unspecified atom stereocenters. The summed E-state index contributed by atoms with van der Waals surface area (Å²) in [4.78, 5) is 10.3. The second kappa shape index (κ2) is 4.92. The smallest absolute Gasteiger partial charge is 0.295 e. The van der Waals surface area contributed by atoms with Gasteiger partial charge >= 0.3 is 0 Å². The minimum Gasteiger partial charge on any atom is -0.379 e. The van der Waals surface area contributed by atoms with Gasteiger partial charge in [-0.1, -0.05) is 13.3 Å². The van der Waals surface area contributed by atoms with Crippen molar-refractivity contribution in [3.05, 3.63) is 34.1 Å². The summed E-state index contributed by atoms with van der Waals surface area (Å²) in [5, 5.41) is 13.9. The van der Waals surface area contributed by atoms with Gasteiger partial charge in [-0.05, 0) is 36.8 Å². The third-order valence-electron chi connectivity index (χ3n) is 3.55. The number of nitrogens with zero attached hydrogens (tertiary/aromatic N) is 1. The molecule has 5 heteroatoms. The Labute approximate surface area is 105 Å². The minimum atomic E-state index is -0.582. The number of hydrogen-bond acceptors (Lipinski definition) is 3. The topological polar surface area (TPSA) is 55.2 Å². The van der Waals surface area contributed by atoms with Crippen molar-refractivity contribution in [2.45, 2.75) is 32.6 Å². The number of hydrogen-bond donors (Lipinski definition) is 1. The molecule has 1 aliphatic rings. The first-order chi connectivity index (χ1) is 8.56. The van der Waals surface area contributed by atoms with E-state index in [9.17, 15) is 14.5 Å². The molecule has 4 nitrogen and oxygen atoms in total. The van der Waals surface area contributed by atoms with Gasteiger partial charge in [0.05, 0.1) is 11.0 Å². The second-order valence-electron chi connectivity index (χ2n) is 5.02. The molecular weight excluding hydrogens is 235 g/mol. The molecule has 0 bridgehead atoms. The first-order valence-corrected chi connectivity index (χ1v) is 6.24. The van der Waals surface area contributed by atoms with E-state index in [2.05, 4.69) is 12.2 Å². The summed E-state index contributed by atoms with van der Waals surface area (Å²) in [6.07, 6.45) is 4.59. The fraction of sp³-hybridized carbons (Fsp3) is 0.538. The highest BCUT2D eigenvalue weighted by Crippen LogP contribution is 2.49. The quantitative estimate of drug-likeness (QED) is 0.620. The number of anilines is 1. The summed E-state index contributed by atoms with van der Waals surface area (Å²) < 4.78 is 13.0. The van der Waals surface area contributed by atoms with E-state index in [0.29, 0.717) is 11.1 Å². The molecule has 1 aliphatic carbocycles. The zero-order valence-electron chi connectivity index (χ0n) is 10.4. The Hall–Kier alpha value is -1.65. The summed E-state index contributed by atoms with van der Waals surface area (Å²) in [6, 6.07) is 3.64. The van der Waals surface area contributed by atoms with E-state index in [1.54, 1.807) is 0 Å². The SMILES string of the molecule is CCCC1(CNc2ccc(F)cc2[N+](=O)[O-])CC1. The molecule has 1 N–H and O–H groups in total. The Balaban J connectivity index is 2.07. The van der Waals surface area contributed by atoms with Crippen molar-refractivity contribution in [2.24, 2.45) is 5.41 Å². The molecule has 0 radical (unpaired) electrons. The molecule has 1 saturated carbocycles. The van der Waals surface area contributed by atoms with Crippen LogP contribution in [0.1, 0.15) is 32.6 Å². The van der Waals surface area contributed by atoms with E-state index in [-0.39, 0.29) is 5.69 Å². The van der Waals surface area contributed by atoms with E-state index in [1.807, 2.05) is 0 Å². The highest BCUT2D eigenvalue weighted by molar-refractivity contribution is 5.61. The van der Waals surface area contributed by atoms with E-state index in [0.717, 1.165) is 25.5 Å². The van der Waals surface area contributed by atoms with Gasteiger partial charge in [-0.2, -0.15) is 0 Å². The van der Waals surface area contributed by atoms with Crippen LogP contribution in [-0.2, 0) is 0 Å². The van der Waals surface area contributed by atoms with Crippen molar-refractivity contribution in [1.82, 2.24) is 0 Å². The zero-order chi connectivity index (χ0) is 13.2. The van der Waals surface area contributed by atoms with Gasteiger partial charge in [0.1, 0.15) is 11.5 Å². The molecule has 0 aromatic heterocycles. The monoisotopic (exact) mass is 252 g/mol. The van der Waals surface area contributed by atoms with Crippen LogP contribution in [0.5, 0.6) is 0 Å². The minimum absolute atomic E-state index is 0.192. The molecule has 0 amide bonds. The van der Waals surface area contributed by atoms with E-state index >= 15 is 0 Å². The van der Waals surface area contributed by atoms with Crippen LogP contribution in [0.4, 0.5) is 15.8 Å². The van der Waals surface area contributed by atoms with Crippen LogP contribution in [-0.4, -0.2) is 11.5 Å². The predicted octanol–water partition coefficient (Wildman–Crippen LogP) is 3.73. The summed E-state index contributed by atoms with van der Waals surface area (Å²) in [7, 11) is 0. The van der Waals surface area contributed by atoms with Crippen LogP contribution in [0.25, 0.3) is 0 Å². The van der Waals surface area contributed by atoms with Crippen molar-refractivity contribution in [2.75, 3.05) is 11.9 Å². The van der Waals surface area contributed by atoms with E-state index < -0.39 is 10.7 Å². The van der Waals surface area contributed by atoms with Gasteiger partial charge in [0.25, 0.3) is 5.69 Å². The van der Waals surface area contributed by atoms with Gasteiger partial charge in [0.15, 0.2) is 0 Å². The molecule has 18 heavy (non-hydrogen) atoms. The number of nitro benzene ring substituents is 1. The normalized spacial score (nSPS) is 16.3. The average Bonchev–Trinajstić information content (AvgIpc) is 3.08. The molecule has 2 rings (SSSR count). The summed E-state index contributed by atoms with van der Waals surface area (Å²) >= 11 is 0. The molecule has 0 atom stereocenters. The maximum atomic E-state index is 13.0. The van der Waals surface area contributed by atoms with Gasteiger partial charge in [-0.3, -0.25) is 10.1 Å². The van der Waals surface area contributed by atoms with Crippen molar-refractivity contribution < 1.29 is 9.31 Å². The predicted molar refractivity (Wildman–Crippen MR) is 68.1 cm³/mol. The maximum Gasteiger partial charge on any atom is 0.295 e. The first kappa shape index (κ1) is 12.8. The van der Waals surface area contributed by atoms with Crippen LogP contribution in [0.2, 0.25) is 0 Å².